The van der Waals surface area contributed by atoms with Crippen LogP contribution in [0.5, 0.6) is 5.75 Å². The molecule has 75 valence electrons. The maximum absolute atomic E-state index is 10.6. The van der Waals surface area contributed by atoms with Crippen molar-refractivity contribution in [1.29, 1.82) is 0 Å². The Hall–Kier alpha value is -1.35. The molecule has 0 saturated heterocycles. The highest BCUT2D eigenvalue weighted by molar-refractivity contribution is 5.55. The Balaban J connectivity index is 2.66. The number of hydrogen-bond donors (Lipinski definition) is 0. The molecule has 1 aromatic carbocycles. The number of carbonyl (C=O) groups excluding carboxylic acids is 1. The van der Waals surface area contributed by atoms with Gasteiger partial charge in [0.2, 0.25) is 0 Å². The van der Waals surface area contributed by atoms with E-state index in [1.807, 2.05) is 13.8 Å². The highest BCUT2D eigenvalue weighted by atomic mass is 16.7. The van der Waals surface area contributed by atoms with E-state index in [9.17, 15) is 4.79 Å². The van der Waals surface area contributed by atoms with Crippen LogP contribution in [0.25, 0.3) is 0 Å². The largest absolute Gasteiger partial charge is 0.457 e. The standard InChI is InChI=1S/C11H13O3/c1-3-13-11(8-12)14-10-7-5-4-6-9(10)2/h4-5,7-8,11H,3H2,1-2H3. The van der Waals surface area contributed by atoms with Crippen LogP contribution in [0.2, 0.25) is 0 Å². The van der Waals surface area contributed by atoms with Gasteiger partial charge in [-0.2, -0.15) is 0 Å². The third kappa shape index (κ3) is 2.85. The van der Waals surface area contributed by atoms with Crippen molar-refractivity contribution in [2.24, 2.45) is 0 Å². The van der Waals surface area contributed by atoms with Crippen LogP contribution in [-0.4, -0.2) is 19.2 Å². The van der Waals surface area contributed by atoms with Gasteiger partial charge in [-0.15, -0.1) is 0 Å². The van der Waals surface area contributed by atoms with E-state index in [2.05, 4.69) is 6.07 Å². The van der Waals surface area contributed by atoms with Gasteiger partial charge in [-0.25, -0.2) is 0 Å². The summed E-state index contributed by atoms with van der Waals surface area (Å²) < 4.78 is 10.4. The monoisotopic (exact) mass is 193 g/mol. The maximum atomic E-state index is 10.6. The van der Waals surface area contributed by atoms with Crippen molar-refractivity contribution in [3.05, 3.63) is 29.8 Å². The molecule has 0 spiro atoms. The van der Waals surface area contributed by atoms with Gasteiger partial charge in [0.05, 0.1) is 0 Å². The van der Waals surface area contributed by atoms with Gasteiger partial charge in [0.15, 0.2) is 6.29 Å². The second kappa shape index (κ2) is 5.40. The highest BCUT2D eigenvalue weighted by Crippen LogP contribution is 2.17. The number of hydrogen-bond acceptors (Lipinski definition) is 3. The predicted octanol–water partition coefficient (Wildman–Crippen LogP) is 1.74. The molecule has 0 bridgehead atoms. The molecule has 0 aliphatic carbocycles. The third-order valence-corrected chi connectivity index (χ3v) is 1.70. The molecule has 0 amide bonds. The normalized spacial score (nSPS) is 12.1. The molecule has 0 aliphatic rings. The summed E-state index contributed by atoms with van der Waals surface area (Å²) in [6.07, 6.45) is -0.190. The van der Waals surface area contributed by atoms with Gasteiger partial charge in [-0.3, -0.25) is 4.79 Å². The molecule has 0 fully saturated rings. The molecule has 0 aliphatic heterocycles. The van der Waals surface area contributed by atoms with Crippen LogP contribution in [0, 0.1) is 13.0 Å². The van der Waals surface area contributed by atoms with Gasteiger partial charge >= 0.3 is 0 Å². The molecule has 3 heteroatoms. The SMILES string of the molecule is CCOC(C=O)Oc1ccc[c]c1C. The number of carbonyl (C=O) groups is 1. The van der Waals surface area contributed by atoms with Crippen LogP contribution in [-0.2, 0) is 9.53 Å². The molecule has 14 heavy (non-hydrogen) atoms. The topological polar surface area (TPSA) is 35.5 Å². The lowest BCUT2D eigenvalue weighted by Crippen LogP contribution is -2.22. The Morgan fingerprint density at radius 3 is 3.00 bits per heavy atom. The van der Waals surface area contributed by atoms with Crippen LogP contribution < -0.4 is 4.74 Å². The van der Waals surface area contributed by atoms with E-state index in [1.54, 1.807) is 18.2 Å². The minimum atomic E-state index is -0.825. The average molecular weight is 193 g/mol. The number of ether oxygens (including phenoxy) is 2. The van der Waals surface area contributed by atoms with Gasteiger partial charge < -0.3 is 9.47 Å². The van der Waals surface area contributed by atoms with Crippen molar-refractivity contribution >= 4 is 6.29 Å². The van der Waals surface area contributed by atoms with E-state index in [-0.39, 0.29) is 0 Å². The van der Waals surface area contributed by atoms with Crippen molar-refractivity contribution in [1.82, 2.24) is 0 Å². The molecule has 1 atom stereocenters. The number of benzene rings is 1. The molecule has 1 radical (unpaired) electrons. The molecule has 1 aromatic rings. The molecular weight excluding hydrogens is 180 g/mol. The zero-order valence-electron chi connectivity index (χ0n) is 8.32. The van der Waals surface area contributed by atoms with Gasteiger partial charge in [0, 0.05) is 6.61 Å². The van der Waals surface area contributed by atoms with E-state index in [0.29, 0.717) is 18.6 Å². The summed E-state index contributed by atoms with van der Waals surface area (Å²) in [6.45, 7) is 4.12. The Morgan fingerprint density at radius 2 is 2.43 bits per heavy atom. The second-order valence-electron chi connectivity index (χ2n) is 2.74. The molecule has 0 aromatic heterocycles. The molecule has 0 N–H and O–H groups in total. The summed E-state index contributed by atoms with van der Waals surface area (Å²) in [5, 5.41) is 0. The van der Waals surface area contributed by atoms with E-state index in [4.69, 9.17) is 9.47 Å². The van der Waals surface area contributed by atoms with E-state index < -0.39 is 6.29 Å². The smallest absolute Gasteiger partial charge is 0.256 e. The van der Waals surface area contributed by atoms with Crippen molar-refractivity contribution < 1.29 is 14.3 Å². The summed E-state index contributed by atoms with van der Waals surface area (Å²) in [5.74, 6) is 0.623. The summed E-state index contributed by atoms with van der Waals surface area (Å²) in [6, 6.07) is 8.35. The number of rotatable bonds is 5. The minimum Gasteiger partial charge on any atom is -0.457 e. The Labute approximate surface area is 83.6 Å². The van der Waals surface area contributed by atoms with E-state index >= 15 is 0 Å². The van der Waals surface area contributed by atoms with Crippen LogP contribution in [0.15, 0.2) is 18.2 Å². The lowest BCUT2D eigenvalue weighted by atomic mass is 10.2. The first kappa shape index (κ1) is 10.7. The Bertz CT molecular complexity index is 296. The zero-order valence-corrected chi connectivity index (χ0v) is 8.32. The van der Waals surface area contributed by atoms with Gasteiger partial charge in [-0.1, -0.05) is 12.1 Å². The molecule has 1 rings (SSSR count). The van der Waals surface area contributed by atoms with Gasteiger partial charge in [0.25, 0.3) is 6.29 Å². The van der Waals surface area contributed by atoms with Crippen molar-refractivity contribution in [2.75, 3.05) is 6.61 Å². The third-order valence-electron chi connectivity index (χ3n) is 1.70. The average Bonchev–Trinajstić information content (AvgIpc) is 2.20. The summed E-state index contributed by atoms with van der Waals surface area (Å²) in [4.78, 5) is 10.6. The van der Waals surface area contributed by atoms with Crippen LogP contribution in [0.1, 0.15) is 12.5 Å². The maximum Gasteiger partial charge on any atom is 0.256 e. The zero-order chi connectivity index (χ0) is 10.4. The Morgan fingerprint density at radius 1 is 1.64 bits per heavy atom. The van der Waals surface area contributed by atoms with Crippen LogP contribution in [0.4, 0.5) is 0 Å². The first-order valence-electron chi connectivity index (χ1n) is 4.48. The van der Waals surface area contributed by atoms with Crippen molar-refractivity contribution in [2.45, 2.75) is 20.1 Å². The van der Waals surface area contributed by atoms with Gasteiger partial charge in [-0.05, 0) is 31.5 Å². The van der Waals surface area contributed by atoms with Crippen molar-refractivity contribution in [3.8, 4) is 5.75 Å². The lowest BCUT2D eigenvalue weighted by Gasteiger charge is -2.14. The van der Waals surface area contributed by atoms with Gasteiger partial charge in [0.1, 0.15) is 5.75 Å². The minimum absolute atomic E-state index is 0.443. The van der Waals surface area contributed by atoms with Crippen LogP contribution in [0.3, 0.4) is 0 Å². The molecule has 0 saturated carbocycles. The van der Waals surface area contributed by atoms with Crippen molar-refractivity contribution in [3.63, 3.8) is 0 Å². The highest BCUT2D eigenvalue weighted by Gasteiger charge is 2.09. The predicted molar refractivity (Wildman–Crippen MR) is 52.1 cm³/mol. The summed E-state index contributed by atoms with van der Waals surface area (Å²) in [7, 11) is 0. The fourth-order valence-corrected chi connectivity index (χ4v) is 1.02. The summed E-state index contributed by atoms with van der Waals surface area (Å²) >= 11 is 0. The molecule has 3 nitrogen and oxygen atoms in total. The number of aryl methyl sites for hydroxylation is 1. The summed E-state index contributed by atoms with van der Waals surface area (Å²) in [5.41, 5.74) is 0.860. The molecule has 1 unspecified atom stereocenters. The van der Waals surface area contributed by atoms with E-state index in [0.717, 1.165) is 5.56 Å². The fourth-order valence-electron chi connectivity index (χ4n) is 1.02. The fraction of sp³-hybridized carbons (Fsp3) is 0.364. The molecule has 0 heterocycles. The Kier molecular flexibility index (Phi) is 4.13. The first-order valence-corrected chi connectivity index (χ1v) is 4.48. The first-order chi connectivity index (χ1) is 6.77. The number of aldehydes is 1. The molecular formula is C11H13O3. The second-order valence-corrected chi connectivity index (χ2v) is 2.74. The van der Waals surface area contributed by atoms with Crippen LogP contribution >= 0.6 is 0 Å². The van der Waals surface area contributed by atoms with E-state index in [1.165, 1.54) is 0 Å². The lowest BCUT2D eigenvalue weighted by molar-refractivity contribution is -0.136. The quantitative estimate of drug-likeness (QED) is 0.527.